The van der Waals surface area contributed by atoms with E-state index in [1.807, 2.05) is 0 Å². The van der Waals surface area contributed by atoms with Gasteiger partial charge in [0.15, 0.2) is 12.6 Å². The number of ether oxygens (including phenoxy) is 6. The third-order valence-electron chi connectivity index (χ3n) is 13.2. The SMILES string of the molecule is CC/C=C\C/C=C\C/C=C\C/C=C\C/C=C\CCCCCCCCCCCCOCC(COC1OC(COC2OC(CO)C(O)C(O)C2O)C(O)C(O)C1O)OC(=O)CCCCCCC/C=C\CCCCCC. The molecule has 2 aliphatic heterocycles. The average molecular weight is 1040 g/mol. The molecule has 14 heteroatoms. The molecule has 2 aliphatic rings. The summed E-state index contributed by atoms with van der Waals surface area (Å²) in [5.74, 6) is -0.389. The van der Waals surface area contributed by atoms with Gasteiger partial charge in [-0.05, 0) is 83.5 Å². The van der Waals surface area contributed by atoms with Crippen LogP contribution in [0.4, 0.5) is 0 Å². The first-order valence-corrected chi connectivity index (χ1v) is 28.5. The fraction of sp³-hybridized carbons (Fsp3) is 0.780. The lowest BCUT2D eigenvalue weighted by Crippen LogP contribution is -2.61. The molecular weight excluding hydrogens is 933 g/mol. The molecule has 11 unspecified atom stereocenters. The number of allylic oxidation sites excluding steroid dienone is 12. The molecule has 0 amide bonds. The maximum absolute atomic E-state index is 13.0. The van der Waals surface area contributed by atoms with Crippen LogP contribution in [-0.2, 0) is 33.2 Å². The number of hydrogen-bond acceptors (Lipinski definition) is 14. The van der Waals surface area contributed by atoms with Crippen LogP contribution in [0.25, 0.3) is 0 Å². The van der Waals surface area contributed by atoms with E-state index < -0.39 is 80.7 Å². The Hall–Kier alpha value is -2.57. The summed E-state index contributed by atoms with van der Waals surface area (Å²) in [6.45, 7) is 3.53. The molecule has 422 valence electrons. The van der Waals surface area contributed by atoms with Gasteiger partial charge in [0.1, 0.15) is 54.9 Å². The van der Waals surface area contributed by atoms with Crippen molar-refractivity contribution in [2.75, 3.05) is 33.0 Å². The predicted octanol–water partition coefficient (Wildman–Crippen LogP) is 9.86. The minimum Gasteiger partial charge on any atom is -0.457 e. The Balaban J connectivity index is 1.69. The van der Waals surface area contributed by atoms with Crippen LogP contribution in [0.5, 0.6) is 0 Å². The van der Waals surface area contributed by atoms with Crippen LogP contribution >= 0.6 is 0 Å². The Kier molecular flexibility index (Phi) is 41.6. The van der Waals surface area contributed by atoms with Crippen LogP contribution in [-0.4, -0.2) is 142 Å². The lowest BCUT2D eigenvalue weighted by Gasteiger charge is -2.42. The third kappa shape index (κ3) is 32.6. The van der Waals surface area contributed by atoms with E-state index >= 15 is 0 Å². The molecule has 0 aromatic heterocycles. The van der Waals surface area contributed by atoms with Gasteiger partial charge >= 0.3 is 5.97 Å². The van der Waals surface area contributed by atoms with Crippen molar-refractivity contribution >= 4 is 5.97 Å². The van der Waals surface area contributed by atoms with Crippen molar-refractivity contribution in [3.63, 3.8) is 0 Å². The zero-order chi connectivity index (χ0) is 53.0. The van der Waals surface area contributed by atoms with E-state index in [0.717, 1.165) is 96.3 Å². The third-order valence-corrected chi connectivity index (χ3v) is 13.2. The molecule has 0 saturated carbocycles. The molecule has 2 heterocycles. The van der Waals surface area contributed by atoms with Gasteiger partial charge in [-0.3, -0.25) is 4.79 Å². The van der Waals surface area contributed by atoms with Gasteiger partial charge < -0.3 is 64.2 Å². The number of carbonyl (C=O) groups excluding carboxylic acids is 1. The Morgan fingerprint density at radius 3 is 1.41 bits per heavy atom. The highest BCUT2D eigenvalue weighted by Gasteiger charge is 2.47. The van der Waals surface area contributed by atoms with Crippen LogP contribution in [0.15, 0.2) is 72.9 Å². The Labute approximate surface area is 440 Å². The zero-order valence-electron chi connectivity index (χ0n) is 45.1. The lowest BCUT2D eigenvalue weighted by molar-refractivity contribution is -0.332. The van der Waals surface area contributed by atoms with Crippen LogP contribution in [0, 0.1) is 0 Å². The predicted molar refractivity (Wildman–Crippen MR) is 289 cm³/mol. The first-order valence-electron chi connectivity index (χ1n) is 28.5. The van der Waals surface area contributed by atoms with Gasteiger partial charge in [-0.1, -0.05) is 177 Å². The van der Waals surface area contributed by atoms with E-state index in [9.17, 15) is 40.5 Å². The minimum absolute atomic E-state index is 0.0522. The van der Waals surface area contributed by atoms with E-state index in [4.69, 9.17) is 28.4 Å². The largest absolute Gasteiger partial charge is 0.457 e. The monoisotopic (exact) mass is 1030 g/mol. The van der Waals surface area contributed by atoms with Crippen LogP contribution in [0.3, 0.4) is 0 Å². The molecule has 2 rings (SSSR count). The van der Waals surface area contributed by atoms with Gasteiger partial charge in [0.2, 0.25) is 0 Å². The number of esters is 1. The van der Waals surface area contributed by atoms with Gasteiger partial charge in [0, 0.05) is 13.0 Å². The first-order chi connectivity index (χ1) is 35.6. The number of rotatable bonds is 45. The van der Waals surface area contributed by atoms with Crippen molar-refractivity contribution in [3.05, 3.63) is 72.9 Å². The molecule has 0 bridgehead atoms. The normalized spacial score (nSPS) is 25.5. The molecule has 14 nitrogen and oxygen atoms in total. The molecule has 0 aliphatic carbocycles. The lowest BCUT2D eigenvalue weighted by atomic mass is 9.98. The molecule has 2 fully saturated rings. The second kappa shape index (κ2) is 45.6. The van der Waals surface area contributed by atoms with Crippen molar-refractivity contribution in [2.45, 2.75) is 261 Å². The first kappa shape index (κ1) is 66.5. The van der Waals surface area contributed by atoms with Crippen molar-refractivity contribution in [3.8, 4) is 0 Å². The van der Waals surface area contributed by atoms with Gasteiger partial charge in [-0.15, -0.1) is 0 Å². The fourth-order valence-electron chi connectivity index (χ4n) is 8.60. The second-order valence-corrected chi connectivity index (χ2v) is 19.7. The molecule has 73 heavy (non-hydrogen) atoms. The van der Waals surface area contributed by atoms with E-state index in [0.29, 0.717) is 13.0 Å². The Bertz CT molecular complexity index is 1480. The molecule has 7 N–H and O–H groups in total. The summed E-state index contributed by atoms with van der Waals surface area (Å²) in [4.78, 5) is 13.0. The molecule has 11 atom stereocenters. The van der Waals surface area contributed by atoms with Crippen molar-refractivity contribution in [1.82, 2.24) is 0 Å². The van der Waals surface area contributed by atoms with Crippen molar-refractivity contribution < 1.29 is 69.0 Å². The van der Waals surface area contributed by atoms with Gasteiger partial charge in [0.25, 0.3) is 0 Å². The smallest absolute Gasteiger partial charge is 0.306 e. The van der Waals surface area contributed by atoms with Gasteiger partial charge in [-0.25, -0.2) is 0 Å². The van der Waals surface area contributed by atoms with Gasteiger partial charge in [-0.2, -0.15) is 0 Å². The minimum atomic E-state index is -1.71. The highest BCUT2D eigenvalue weighted by atomic mass is 16.7. The number of unbranched alkanes of at least 4 members (excludes halogenated alkanes) is 19. The zero-order valence-corrected chi connectivity index (χ0v) is 45.1. The van der Waals surface area contributed by atoms with E-state index in [1.54, 1.807) is 0 Å². The van der Waals surface area contributed by atoms with E-state index in [-0.39, 0.29) is 25.6 Å². The molecule has 0 radical (unpaired) electrons. The van der Waals surface area contributed by atoms with Crippen LogP contribution in [0.1, 0.15) is 194 Å². The topological polar surface area (TPSA) is 214 Å². The Morgan fingerprint density at radius 1 is 0.466 bits per heavy atom. The van der Waals surface area contributed by atoms with E-state index in [1.165, 1.54) is 70.6 Å². The van der Waals surface area contributed by atoms with Crippen molar-refractivity contribution in [1.29, 1.82) is 0 Å². The number of carbonyl (C=O) groups is 1. The average Bonchev–Trinajstić information content (AvgIpc) is 3.39. The summed E-state index contributed by atoms with van der Waals surface area (Å²) in [5.41, 5.74) is 0. The summed E-state index contributed by atoms with van der Waals surface area (Å²) in [7, 11) is 0. The molecular formula is C59H102O14. The molecule has 2 saturated heterocycles. The van der Waals surface area contributed by atoms with Crippen molar-refractivity contribution in [2.24, 2.45) is 0 Å². The number of aliphatic hydroxyl groups excluding tert-OH is 7. The summed E-state index contributed by atoms with van der Waals surface area (Å²) >= 11 is 0. The quantitative estimate of drug-likeness (QED) is 0.0172. The maximum atomic E-state index is 13.0. The molecule has 0 aromatic carbocycles. The summed E-state index contributed by atoms with van der Waals surface area (Å²) < 4.78 is 34.3. The van der Waals surface area contributed by atoms with E-state index in [2.05, 4.69) is 86.8 Å². The molecule has 0 spiro atoms. The van der Waals surface area contributed by atoms with Crippen LogP contribution < -0.4 is 0 Å². The summed E-state index contributed by atoms with van der Waals surface area (Å²) in [6.07, 6.45) is 41.1. The fourth-order valence-corrected chi connectivity index (χ4v) is 8.60. The summed E-state index contributed by atoms with van der Waals surface area (Å²) in [6, 6.07) is 0. The molecule has 0 aromatic rings. The van der Waals surface area contributed by atoms with Gasteiger partial charge in [0.05, 0.1) is 26.4 Å². The second-order valence-electron chi connectivity index (χ2n) is 19.7. The highest BCUT2D eigenvalue weighted by Crippen LogP contribution is 2.26. The number of hydrogen-bond donors (Lipinski definition) is 7. The number of aliphatic hydroxyl groups is 7. The Morgan fingerprint density at radius 2 is 0.890 bits per heavy atom. The maximum Gasteiger partial charge on any atom is 0.306 e. The standard InChI is InChI=1S/C59H102O14/c1-3-5-7-9-11-13-15-17-18-19-20-21-22-23-24-25-26-27-28-29-31-33-35-37-39-41-43-68-45-48(71-51(61)42-40-38-36-34-32-30-16-14-12-10-8-6-4-2)46-69-58-57(67)55(65)53(63)50(73-58)47-70-59-56(66)54(64)52(62)49(44-60)72-59/h5,7,11,13-14,16-18,20-21,23-24,48-50,52-60,62-67H,3-4,6,8-10,12,15,19,22,25-47H2,1-2H3/b7-5-,13-11-,16-14-,18-17-,21-20-,24-23-. The van der Waals surface area contributed by atoms with Crippen LogP contribution in [0.2, 0.25) is 0 Å². The summed E-state index contributed by atoms with van der Waals surface area (Å²) in [5, 5.41) is 72.3. The highest BCUT2D eigenvalue weighted by molar-refractivity contribution is 5.69.